The van der Waals surface area contributed by atoms with E-state index in [1.807, 2.05) is 30.3 Å². The molecule has 0 aliphatic carbocycles. The average molecular weight is 277 g/mol. The van der Waals surface area contributed by atoms with E-state index in [0.717, 1.165) is 12.0 Å². The van der Waals surface area contributed by atoms with E-state index in [1.165, 1.54) is 0 Å². The average Bonchev–Trinajstić information content (AvgIpc) is 2.37. The molecule has 1 rings (SSSR count). The molecule has 0 heterocycles. The lowest BCUT2D eigenvalue weighted by Gasteiger charge is -2.22. The van der Waals surface area contributed by atoms with Crippen LogP contribution in [0.25, 0.3) is 0 Å². The maximum absolute atomic E-state index is 12.0. The predicted molar refractivity (Wildman–Crippen MR) is 78.6 cm³/mol. The normalized spacial score (nSPS) is 13.8. The molecule has 0 bridgehead atoms. The van der Waals surface area contributed by atoms with Crippen molar-refractivity contribution < 1.29 is 9.59 Å². The van der Waals surface area contributed by atoms with Gasteiger partial charge in [-0.3, -0.25) is 9.59 Å². The SMILES string of the molecule is CC(C)CC(NC(=O)C(N)CC(N)=O)c1ccccc1. The van der Waals surface area contributed by atoms with Crippen LogP contribution in [0.2, 0.25) is 0 Å². The van der Waals surface area contributed by atoms with Crippen LogP contribution >= 0.6 is 0 Å². The van der Waals surface area contributed by atoms with E-state index in [0.29, 0.717) is 5.92 Å². The highest BCUT2D eigenvalue weighted by molar-refractivity contribution is 5.87. The quantitative estimate of drug-likeness (QED) is 0.695. The zero-order valence-electron chi connectivity index (χ0n) is 12.0. The lowest BCUT2D eigenvalue weighted by Crippen LogP contribution is -2.44. The monoisotopic (exact) mass is 277 g/mol. The molecule has 5 nitrogen and oxygen atoms in total. The fourth-order valence-electron chi connectivity index (χ4n) is 2.02. The molecule has 2 unspecified atom stereocenters. The second kappa shape index (κ2) is 7.65. The molecule has 0 radical (unpaired) electrons. The summed E-state index contributed by atoms with van der Waals surface area (Å²) in [5, 5.41) is 2.90. The summed E-state index contributed by atoms with van der Waals surface area (Å²) < 4.78 is 0. The van der Waals surface area contributed by atoms with Crippen LogP contribution in [0.1, 0.15) is 38.3 Å². The zero-order valence-corrected chi connectivity index (χ0v) is 12.0. The van der Waals surface area contributed by atoms with Crippen molar-refractivity contribution in [2.24, 2.45) is 17.4 Å². The third kappa shape index (κ3) is 5.40. The van der Waals surface area contributed by atoms with Gasteiger partial charge in [-0.05, 0) is 17.9 Å². The van der Waals surface area contributed by atoms with Crippen molar-refractivity contribution in [1.82, 2.24) is 5.32 Å². The number of nitrogens with one attached hydrogen (secondary N) is 1. The Balaban J connectivity index is 2.75. The summed E-state index contributed by atoms with van der Waals surface area (Å²) in [6, 6.07) is 8.71. The number of carbonyl (C=O) groups excluding carboxylic acids is 2. The predicted octanol–water partition coefficient (Wildman–Crippen LogP) is 1.09. The summed E-state index contributed by atoms with van der Waals surface area (Å²) in [4.78, 5) is 22.8. The fraction of sp³-hybridized carbons (Fsp3) is 0.467. The topological polar surface area (TPSA) is 98.2 Å². The van der Waals surface area contributed by atoms with Crippen LogP contribution in [0.3, 0.4) is 0 Å². The molecule has 2 atom stereocenters. The molecule has 0 saturated carbocycles. The van der Waals surface area contributed by atoms with Crippen molar-refractivity contribution in [3.63, 3.8) is 0 Å². The van der Waals surface area contributed by atoms with Gasteiger partial charge in [0.05, 0.1) is 18.5 Å². The molecular formula is C15H23N3O2. The highest BCUT2D eigenvalue weighted by Crippen LogP contribution is 2.21. The number of nitrogens with two attached hydrogens (primary N) is 2. The second-order valence-corrected chi connectivity index (χ2v) is 5.38. The van der Waals surface area contributed by atoms with E-state index >= 15 is 0 Å². The van der Waals surface area contributed by atoms with Crippen molar-refractivity contribution in [2.75, 3.05) is 0 Å². The van der Waals surface area contributed by atoms with Gasteiger partial charge < -0.3 is 16.8 Å². The third-order valence-electron chi connectivity index (χ3n) is 2.98. The Hall–Kier alpha value is -1.88. The number of amides is 2. The van der Waals surface area contributed by atoms with Crippen LogP contribution in [0.5, 0.6) is 0 Å². The Morgan fingerprint density at radius 2 is 1.80 bits per heavy atom. The molecule has 0 saturated heterocycles. The highest BCUT2D eigenvalue weighted by atomic mass is 16.2. The maximum atomic E-state index is 12.0. The molecule has 0 fully saturated rings. The van der Waals surface area contributed by atoms with Crippen LogP contribution in [-0.2, 0) is 9.59 Å². The van der Waals surface area contributed by atoms with Gasteiger partial charge in [-0.2, -0.15) is 0 Å². The van der Waals surface area contributed by atoms with E-state index < -0.39 is 11.9 Å². The van der Waals surface area contributed by atoms with Gasteiger partial charge in [0.2, 0.25) is 11.8 Å². The molecule has 110 valence electrons. The maximum Gasteiger partial charge on any atom is 0.237 e. The van der Waals surface area contributed by atoms with Crippen LogP contribution < -0.4 is 16.8 Å². The van der Waals surface area contributed by atoms with Crippen molar-refractivity contribution in [2.45, 2.75) is 38.8 Å². The zero-order chi connectivity index (χ0) is 15.1. The smallest absolute Gasteiger partial charge is 0.237 e. The minimum atomic E-state index is -0.897. The Kier molecular flexibility index (Phi) is 6.18. The fourth-order valence-corrected chi connectivity index (χ4v) is 2.02. The van der Waals surface area contributed by atoms with Gasteiger partial charge in [0.25, 0.3) is 0 Å². The molecule has 5 heteroatoms. The second-order valence-electron chi connectivity index (χ2n) is 5.38. The van der Waals surface area contributed by atoms with Crippen molar-refractivity contribution in [3.8, 4) is 0 Å². The van der Waals surface area contributed by atoms with E-state index in [2.05, 4.69) is 19.2 Å². The first-order valence-corrected chi connectivity index (χ1v) is 6.79. The standard InChI is InChI=1S/C15H23N3O2/c1-10(2)8-13(11-6-4-3-5-7-11)18-15(20)12(16)9-14(17)19/h3-7,10,12-13H,8-9,16H2,1-2H3,(H2,17,19)(H,18,20). The lowest BCUT2D eigenvalue weighted by molar-refractivity contribution is -0.126. The van der Waals surface area contributed by atoms with E-state index in [-0.39, 0.29) is 18.4 Å². The summed E-state index contributed by atoms with van der Waals surface area (Å²) in [6.45, 7) is 4.18. The Morgan fingerprint density at radius 1 is 1.20 bits per heavy atom. The minimum absolute atomic E-state index is 0.109. The summed E-state index contributed by atoms with van der Waals surface area (Å²) in [6.07, 6.45) is 0.661. The molecule has 2 amide bonds. The van der Waals surface area contributed by atoms with Gasteiger partial charge in [0.15, 0.2) is 0 Å². The summed E-state index contributed by atoms with van der Waals surface area (Å²) in [5.41, 5.74) is 11.7. The van der Waals surface area contributed by atoms with Crippen molar-refractivity contribution >= 4 is 11.8 Å². The molecule has 0 aliphatic rings. The van der Waals surface area contributed by atoms with Crippen LogP contribution in [0.4, 0.5) is 0 Å². The van der Waals surface area contributed by atoms with Gasteiger partial charge >= 0.3 is 0 Å². The van der Waals surface area contributed by atoms with Crippen LogP contribution in [-0.4, -0.2) is 17.9 Å². The molecule has 20 heavy (non-hydrogen) atoms. The summed E-state index contributed by atoms with van der Waals surface area (Å²) in [5.74, 6) is -0.501. The third-order valence-corrected chi connectivity index (χ3v) is 2.98. The number of hydrogen-bond donors (Lipinski definition) is 3. The number of carbonyl (C=O) groups is 2. The van der Waals surface area contributed by atoms with E-state index in [9.17, 15) is 9.59 Å². The van der Waals surface area contributed by atoms with Gasteiger partial charge in [-0.15, -0.1) is 0 Å². The summed E-state index contributed by atoms with van der Waals surface area (Å²) in [7, 11) is 0. The van der Waals surface area contributed by atoms with Crippen LogP contribution in [0, 0.1) is 5.92 Å². The Morgan fingerprint density at radius 3 is 2.30 bits per heavy atom. The first-order chi connectivity index (χ1) is 9.40. The first kappa shape index (κ1) is 16.2. The van der Waals surface area contributed by atoms with Gasteiger partial charge in [0.1, 0.15) is 0 Å². The Bertz CT molecular complexity index is 446. The lowest BCUT2D eigenvalue weighted by atomic mass is 9.96. The molecule has 5 N–H and O–H groups in total. The molecule has 0 aromatic heterocycles. The van der Waals surface area contributed by atoms with Gasteiger partial charge in [0, 0.05) is 0 Å². The van der Waals surface area contributed by atoms with E-state index in [4.69, 9.17) is 11.5 Å². The molecule has 1 aromatic rings. The minimum Gasteiger partial charge on any atom is -0.370 e. The first-order valence-electron chi connectivity index (χ1n) is 6.79. The Labute approximate surface area is 119 Å². The molecule has 0 spiro atoms. The largest absolute Gasteiger partial charge is 0.370 e. The summed E-state index contributed by atoms with van der Waals surface area (Å²) >= 11 is 0. The molecule has 0 aliphatic heterocycles. The number of hydrogen-bond acceptors (Lipinski definition) is 3. The highest BCUT2D eigenvalue weighted by Gasteiger charge is 2.21. The van der Waals surface area contributed by atoms with Gasteiger partial charge in [-0.25, -0.2) is 0 Å². The number of primary amides is 1. The van der Waals surface area contributed by atoms with Crippen molar-refractivity contribution in [3.05, 3.63) is 35.9 Å². The van der Waals surface area contributed by atoms with Gasteiger partial charge in [-0.1, -0.05) is 44.2 Å². The molecular weight excluding hydrogens is 254 g/mol. The number of rotatable bonds is 7. The van der Waals surface area contributed by atoms with Crippen molar-refractivity contribution in [1.29, 1.82) is 0 Å². The van der Waals surface area contributed by atoms with E-state index in [1.54, 1.807) is 0 Å². The van der Waals surface area contributed by atoms with Crippen LogP contribution in [0.15, 0.2) is 30.3 Å². The molecule has 1 aromatic carbocycles. The number of benzene rings is 1.